The lowest BCUT2D eigenvalue weighted by molar-refractivity contribution is -0.120. The van der Waals surface area contributed by atoms with Gasteiger partial charge in [0.15, 0.2) is 0 Å². The topological polar surface area (TPSA) is 92.8 Å². The first-order valence-corrected chi connectivity index (χ1v) is 14.9. The van der Waals surface area contributed by atoms with E-state index in [1.54, 1.807) is 37.3 Å². The quantitative estimate of drug-likeness (QED) is 0.313. The highest BCUT2D eigenvalue weighted by Gasteiger charge is 2.33. The number of esters is 1. The minimum atomic E-state index is -3.72. The number of piperidine rings is 1. The molecule has 0 saturated carbocycles. The van der Waals surface area contributed by atoms with Crippen LogP contribution in [0.15, 0.2) is 80.6 Å². The van der Waals surface area contributed by atoms with Gasteiger partial charge in [-0.05, 0) is 77.2 Å². The first-order valence-electron chi connectivity index (χ1n) is 11.8. The summed E-state index contributed by atoms with van der Waals surface area (Å²) in [4.78, 5) is 26.0. The van der Waals surface area contributed by atoms with Crippen molar-refractivity contribution in [3.63, 3.8) is 0 Å². The largest absolute Gasteiger partial charge is 0.462 e. The number of carbonyl (C=O) groups excluding carboxylic acids is 2. The van der Waals surface area contributed by atoms with Crippen LogP contribution in [-0.2, 0) is 19.6 Å². The zero-order valence-corrected chi connectivity index (χ0v) is 24.1. The smallest absolute Gasteiger partial charge is 0.340 e. The van der Waals surface area contributed by atoms with Gasteiger partial charge in [0.25, 0.3) is 0 Å². The second-order valence-electron chi connectivity index (χ2n) is 8.59. The monoisotopic (exact) mass is 648 g/mol. The predicted octanol–water partition coefficient (Wildman–Crippen LogP) is 6.09. The number of carbonyl (C=O) groups is 2. The summed E-state index contributed by atoms with van der Waals surface area (Å²) in [6.07, 6.45) is 0.737. The van der Waals surface area contributed by atoms with E-state index in [0.29, 0.717) is 27.5 Å². The Morgan fingerprint density at radius 1 is 0.973 bits per heavy atom. The minimum absolute atomic E-state index is 0.183. The van der Waals surface area contributed by atoms with Gasteiger partial charge in [-0.3, -0.25) is 4.79 Å². The Hall–Kier alpha value is -2.53. The van der Waals surface area contributed by atoms with E-state index >= 15 is 0 Å². The van der Waals surface area contributed by atoms with Crippen molar-refractivity contribution < 1.29 is 22.7 Å². The summed E-state index contributed by atoms with van der Waals surface area (Å²) in [5.41, 5.74) is 2.42. The summed E-state index contributed by atoms with van der Waals surface area (Å²) in [6, 6.07) is 19.9. The van der Waals surface area contributed by atoms with E-state index in [9.17, 15) is 18.0 Å². The average molecular weight is 650 g/mol. The van der Waals surface area contributed by atoms with Crippen molar-refractivity contribution in [2.75, 3.05) is 25.0 Å². The Labute approximate surface area is 233 Å². The zero-order chi connectivity index (χ0) is 26.6. The summed E-state index contributed by atoms with van der Waals surface area (Å²) >= 11 is 6.65. The molecule has 1 aliphatic rings. The highest BCUT2D eigenvalue weighted by Crippen LogP contribution is 2.32. The second kappa shape index (κ2) is 11.9. The Morgan fingerprint density at radius 3 is 2.35 bits per heavy atom. The van der Waals surface area contributed by atoms with Gasteiger partial charge in [0, 0.05) is 28.0 Å². The van der Waals surface area contributed by atoms with Crippen LogP contribution in [0.4, 0.5) is 5.69 Å². The third kappa shape index (κ3) is 6.31. The number of sulfonamides is 1. The molecule has 0 spiro atoms. The van der Waals surface area contributed by atoms with Crippen molar-refractivity contribution in [3.05, 3.63) is 81.2 Å². The SMILES string of the molecule is CCOC(=O)c1cc(-c2ccccc2)ccc1NC(=O)C1CCN(S(=O)(=O)c2cc(Br)ccc2Br)CC1. The molecule has 1 heterocycles. The first-order chi connectivity index (χ1) is 17.7. The van der Waals surface area contributed by atoms with Gasteiger partial charge >= 0.3 is 5.97 Å². The van der Waals surface area contributed by atoms with Crippen LogP contribution in [0.3, 0.4) is 0 Å². The molecule has 194 valence electrons. The number of benzene rings is 3. The van der Waals surface area contributed by atoms with Crippen molar-refractivity contribution in [1.29, 1.82) is 0 Å². The molecule has 0 bridgehead atoms. The molecule has 0 aromatic heterocycles. The number of nitrogens with zero attached hydrogens (tertiary/aromatic N) is 1. The molecule has 3 aromatic carbocycles. The van der Waals surface area contributed by atoms with E-state index in [2.05, 4.69) is 37.2 Å². The Kier molecular flexibility index (Phi) is 8.84. The number of hydrogen-bond acceptors (Lipinski definition) is 5. The molecule has 4 rings (SSSR count). The molecule has 1 fully saturated rings. The van der Waals surface area contributed by atoms with Crippen molar-refractivity contribution >= 4 is 59.4 Å². The van der Waals surface area contributed by atoms with Crippen molar-refractivity contribution in [2.45, 2.75) is 24.7 Å². The average Bonchev–Trinajstić information content (AvgIpc) is 2.91. The standard InChI is InChI=1S/C27H26Br2N2O5S/c1-2-36-27(33)22-16-20(18-6-4-3-5-7-18)8-11-24(22)30-26(32)19-12-14-31(15-13-19)37(34,35)25-17-21(28)9-10-23(25)29/h3-11,16-17,19H,2,12-15H2,1H3,(H,30,32). The Balaban J connectivity index is 1.48. The molecular weight excluding hydrogens is 624 g/mol. The van der Waals surface area contributed by atoms with Crippen LogP contribution in [0, 0.1) is 5.92 Å². The molecule has 0 atom stereocenters. The van der Waals surface area contributed by atoms with Gasteiger partial charge < -0.3 is 10.1 Å². The number of rotatable bonds is 7. The van der Waals surface area contributed by atoms with Gasteiger partial charge in [-0.1, -0.05) is 52.3 Å². The van der Waals surface area contributed by atoms with Crippen LogP contribution >= 0.6 is 31.9 Å². The number of halogens is 2. The number of ether oxygens (including phenoxy) is 1. The van der Waals surface area contributed by atoms with Gasteiger partial charge in [0.05, 0.1) is 22.8 Å². The van der Waals surface area contributed by atoms with Crippen LogP contribution < -0.4 is 5.32 Å². The number of nitrogens with one attached hydrogen (secondary N) is 1. The van der Waals surface area contributed by atoms with E-state index in [1.165, 1.54) is 4.31 Å². The van der Waals surface area contributed by atoms with Crippen LogP contribution in [-0.4, -0.2) is 44.3 Å². The van der Waals surface area contributed by atoms with E-state index in [0.717, 1.165) is 11.1 Å². The maximum atomic E-state index is 13.2. The molecule has 0 aliphatic carbocycles. The van der Waals surface area contributed by atoms with Gasteiger partial charge in [0.2, 0.25) is 15.9 Å². The molecule has 1 amide bonds. The van der Waals surface area contributed by atoms with E-state index in [-0.39, 0.29) is 42.0 Å². The number of anilines is 1. The van der Waals surface area contributed by atoms with Crippen molar-refractivity contribution in [2.24, 2.45) is 5.92 Å². The summed E-state index contributed by atoms with van der Waals surface area (Å²) in [5, 5.41) is 2.88. The summed E-state index contributed by atoms with van der Waals surface area (Å²) in [7, 11) is -3.72. The van der Waals surface area contributed by atoms with Gasteiger partial charge in [0.1, 0.15) is 0 Å². The lowest BCUT2D eigenvalue weighted by atomic mass is 9.96. The van der Waals surface area contributed by atoms with Crippen LogP contribution in [0.2, 0.25) is 0 Å². The lowest BCUT2D eigenvalue weighted by Crippen LogP contribution is -2.41. The molecule has 0 radical (unpaired) electrons. The summed E-state index contributed by atoms with van der Waals surface area (Å²) in [6.45, 7) is 2.38. The van der Waals surface area contributed by atoms with Crippen LogP contribution in [0.1, 0.15) is 30.1 Å². The first kappa shape index (κ1) is 27.5. The van der Waals surface area contributed by atoms with Crippen LogP contribution in [0.5, 0.6) is 0 Å². The fourth-order valence-corrected chi connectivity index (χ4v) is 7.18. The fourth-order valence-electron chi connectivity index (χ4n) is 4.25. The zero-order valence-electron chi connectivity index (χ0n) is 20.1. The highest BCUT2D eigenvalue weighted by atomic mass is 79.9. The summed E-state index contributed by atoms with van der Waals surface area (Å²) < 4.78 is 34.1. The minimum Gasteiger partial charge on any atom is -0.462 e. The Bertz CT molecular complexity index is 1410. The van der Waals surface area contributed by atoms with E-state index in [1.807, 2.05) is 36.4 Å². The van der Waals surface area contributed by atoms with Crippen molar-refractivity contribution in [1.82, 2.24) is 4.31 Å². The molecule has 37 heavy (non-hydrogen) atoms. The third-order valence-corrected chi connectivity index (χ3v) is 9.60. The normalized spacial score (nSPS) is 14.8. The maximum absolute atomic E-state index is 13.2. The van der Waals surface area contributed by atoms with Gasteiger partial charge in [-0.15, -0.1) is 0 Å². The van der Waals surface area contributed by atoms with E-state index < -0.39 is 16.0 Å². The highest BCUT2D eigenvalue weighted by molar-refractivity contribution is 9.11. The lowest BCUT2D eigenvalue weighted by Gasteiger charge is -2.31. The number of amides is 1. The van der Waals surface area contributed by atoms with Crippen LogP contribution in [0.25, 0.3) is 11.1 Å². The predicted molar refractivity (Wildman–Crippen MR) is 150 cm³/mol. The molecule has 1 aliphatic heterocycles. The van der Waals surface area contributed by atoms with Gasteiger partial charge in [-0.25, -0.2) is 13.2 Å². The summed E-state index contributed by atoms with van der Waals surface area (Å²) in [5.74, 6) is -1.16. The van der Waals surface area contributed by atoms with Gasteiger partial charge in [-0.2, -0.15) is 4.31 Å². The van der Waals surface area contributed by atoms with E-state index in [4.69, 9.17) is 4.74 Å². The number of hydrogen-bond donors (Lipinski definition) is 1. The molecule has 1 saturated heterocycles. The van der Waals surface area contributed by atoms with Crippen molar-refractivity contribution in [3.8, 4) is 11.1 Å². The third-order valence-electron chi connectivity index (χ3n) is 6.22. The Morgan fingerprint density at radius 2 is 1.68 bits per heavy atom. The molecule has 3 aromatic rings. The molecule has 0 unspecified atom stereocenters. The molecule has 10 heteroatoms. The molecule has 1 N–H and O–H groups in total. The molecular formula is C27H26Br2N2O5S. The second-order valence-corrected chi connectivity index (χ2v) is 12.3. The fraction of sp³-hybridized carbons (Fsp3) is 0.259. The maximum Gasteiger partial charge on any atom is 0.340 e. The molecule has 7 nitrogen and oxygen atoms in total.